The summed E-state index contributed by atoms with van der Waals surface area (Å²) in [5.74, 6) is -4.20. The number of hydroxylamine groups is 4. The maximum Gasteiger partial charge on any atom is 0.363 e. The van der Waals surface area contributed by atoms with Crippen LogP contribution in [0.15, 0.2) is 36.4 Å². The van der Waals surface area contributed by atoms with Gasteiger partial charge in [0, 0.05) is 38.3 Å². The largest absolute Gasteiger partial charge is 0.379 e. The molecule has 3 aliphatic rings. The number of carbonyl (C=O) groups excluding carboxylic acids is 7. The zero-order valence-electron chi connectivity index (χ0n) is 32.8. The molecule has 0 radical (unpaired) electrons. The number of ether oxygens (including phenoxy) is 6. The van der Waals surface area contributed by atoms with Crippen LogP contribution in [-0.2, 0) is 73.3 Å². The number of hydrogen-bond donors (Lipinski definition) is 0. The number of nitrogens with zero attached hydrogens (tertiary/aromatic N) is 4. The standard InChI is InChI=1S/C39H46N4O17/c44-32(10-13-53-15-17-55-19-21-57-23-24-58-22-20-56-18-16-54-14-11-37(49)59-41-33(45)5-6-34(41)46)40-12-9-29-25-30(26-31(38(29)40)43(51)52)27-1-3-28(4-2-27)39(50)60-42-35(47)7-8-36(42)48/h1-4,25-26H,5-24H2. The van der Waals surface area contributed by atoms with E-state index < -0.39 is 40.5 Å². The zero-order chi connectivity index (χ0) is 42.9. The van der Waals surface area contributed by atoms with Gasteiger partial charge in [-0.3, -0.25) is 34.1 Å². The molecule has 2 aromatic rings. The smallest absolute Gasteiger partial charge is 0.363 e. The molecule has 5 amide bonds. The summed E-state index contributed by atoms with van der Waals surface area (Å²) >= 11 is 0. The minimum atomic E-state index is -0.889. The third-order valence-corrected chi connectivity index (χ3v) is 9.14. The topological polar surface area (TPSA) is 246 Å². The monoisotopic (exact) mass is 842 g/mol. The average Bonchev–Trinajstić information content (AvgIpc) is 3.91. The van der Waals surface area contributed by atoms with Gasteiger partial charge < -0.3 is 43.0 Å². The molecule has 0 aliphatic carbocycles. The van der Waals surface area contributed by atoms with Crippen molar-refractivity contribution >= 4 is 52.8 Å². The third kappa shape index (κ3) is 13.1. The first-order chi connectivity index (χ1) is 29.0. The molecule has 0 bridgehead atoms. The molecule has 0 aromatic heterocycles. The normalized spacial score (nSPS) is 15.0. The zero-order valence-corrected chi connectivity index (χ0v) is 32.8. The molecule has 0 saturated carbocycles. The summed E-state index contributed by atoms with van der Waals surface area (Å²) in [4.78, 5) is 106. The van der Waals surface area contributed by atoms with E-state index in [2.05, 4.69) is 0 Å². The Bertz CT molecular complexity index is 1860. The highest BCUT2D eigenvalue weighted by atomic mass is 16.7. The molecule has 0 unspecified atom stereocenters. The lowest BCUT2D eigenvalue weighted by molar-refractivity contribution is -0.384. The molecule has 3 heterocycles. The molecule has 2 fully saturated rings. The van der Waals surface area contributed by atoms with Crippen LogP contribution in [0.4, 0.5) is 11.4 Å². The Morgan fingerprint density at radius 3 is 1.50 bits per heavy atom. The Morgan fingerprint density at radius 2 is 1.02 bits per heavy atom. The summed E-state index contributed by atoms with van der Waals surface area (Å²) in [6, 6.07) is 9.15. The van der Waals surface area contributed by atoms with Crippen molar-refractivity contribution in [2.75, 3.05) is 90.7 Å². The Labute approximate surface area is 343 Å². The second-order valence-electron chi connectivity index (χ2n) is 13.3. The van der Waals surface area contributed by atoms with E-state index in [1.54, 1.807) is 18.2 Å². The molecule has 5 rings (SSSR count). The van der Waals surface area contributed by atoms with E-state index in [0.717, 1.165) is 0 Å². The van der Waals surface area contributed by atoms with Gasteiger partial charge in [0.2, 0.25) is 5.91 Å². The quantitative estimate of drug-likeness (QED) is 0.0568. The number of imide groups is 2. The van der Waals surface area contributed by atoms with Crippen LogP contribution >= 0.6 is 0 Å². The van der Waals surface area contributed by atoms with Gasteiger partial charge in [-0.05, 0) is 41.3 Å². The minimum absolute atomic E-state index is 0.0131. The van der Waals surface area contributed by atoms with Crippen LogP contribution in [-0.4, -0.2) is 142 Å². The van der Waals surface area contributed by atoms with E-state index in [-0.39, 0.29) is 108 Å². The summed E-state index contributed by atoms with van der Waals surface area (Å²) in [6.45, 7) is 3.54. The molecule has 0 N–H and O–H groups in total. The second kappa shape index (κ2) is 23.2. The van der Waals surface area contributed by atoms with Crippen molar-refractivity contribution in [1.29, 1.82) is 0 Å². The van der Waals surface area contributed by atoms with Gasteiger partial charge in [-0.1, -0.05) is 12.1 Å². The molecule has 0 spiro atoms. The highest BCUT2D eigenvalue weighted by molar-refractivity contribution is 6.03. The summed E-state index contributed by atoms with van der Waals surface area (Å²) in [5, 5.41) is 13.1. The van der Waals surface area contributed by atoms with Crippen molar-refractivity contribution < 1.29 is 76.6 Å². The van der Waals surface area contributed by atoms with E-state index >= 15 is 0 Å². The van der Waals surface area contributed by atoms with Crippen LogP contribution < -0.4 is 4.90 Å². The summed E-state index contributed by atoms with van der Waals surface area (Å²) in [6.07, 6.45) is 0.324. The maximum atomic E-state index is 13.1. The summed E-state index contributed by atoms with van der Waals surface area (Å²) < 4.78 is 32.6. The lowest BCUT2D eigenvalue weighted by Gasteiger charge is -2.18. The third-order valence-electron chi connectivity index (χ3n) is 9.14. The van der Waals surface area contributed by atoms with Crippen LogP contribution in [0.2, 0.25) is 0 Å². The van der Waals surface area contributed by atoms with E-state index in [9.17, 15) is 43.7 Å². The molecule has 0 atom stereocenters. The number of amides is 5. The van der Waals surface area contributed by atoms with E-state index in [1.165, 1.54) is 23.1 Å². The van der Waals surface area contributed by atoms with E-state index in [4.69, 9.17) is 38.1 Å². The number of nitro groups is 1. The van der Waals surface area contributed by atoms with Crippen LogP contribution in [0.3, 0.4) is 0 Å². The Kier molecular flexibility index (Phi) is 17.5. The predicted molar refractivity (Wildman–Crippen MR) is 202 cm³/mol. The van der Waals surface area contributed by atoms with Crippen LogP contribution in [0.5, 0.6) is 0 Å². The lowest BCUT2D eigenvalue weighted by atomic mass is 9.99. The van der Waals surface area contributed by atoms with Gasteiger partial charge in [-0.25, -0.2) is 9.59 Å². The fraction of sp³-hybridized carbons (Fsp3) is 0.513. The maximum absolute atomic E-state index is 13.1. The molecule has 324 valence electrons. The fourth-order valence-electron chi connectivity index (χ4n) is 6.13. The van der Waals surface area contributed by atoms with Crippen LogP contribution in [0.1, 0.15) is 54.4 Å². The fourth-order valence-corrected chi connectivity index (χ4v) is 6.13. The first-order valence-corrected chi connectivity index (χ1v) is 19.4. The van der Waals surface area contributed by atoms with Crippen LogP contribution in [0, 0.1) is 10.1 Å². The first-order valence-electron chi connectivity index (χ1n) is 19.4. The Balaban J connectivity index is 0.869. The van der Waals surface area contributed by atoms with Crippen molar-refractivity contribution in [1.82, 2.24) is 10.1 Å². The molecule has 21 heteroatoms. The van der Waals surface area contributed by atoms with Crippen molar-refractivity contribution in [3.63, 3.8) is 0 Å². The minimum Gasteiger partial charge on any atom is -0.379 e. The molecule has 3 aliphatic heterocycles. The Morgan fingerprint density at radius 1 is 0.567 bits per heavy atom. The molecular formula is C39H46N4O17. The van der Waals surface area contributed by atoms with Crippen molar-refractivity contribution in [2.24, 2.45) is 0 Å². The van der Waals surface area contributed by atoms with Crippen molar-refractivity contribution in [3.8, 4) is 11.1 Å². The Hall–Kier alpha value is -5.71. The molecule has 60 heavy (non-hydrogen) atoms. The predicted octanol–water partition coefficient (Wildman–Crippen LogP) is 1.86. The van der Waals surface area contributed by atoms with Gasteiger partial charge in [0.25, 0.3) is 29.3 Å². The number of benzene rings is 2. The number of fused-ring (bicyclic) bond motifs is 1. The summed E-state index contributed by atoms with van der Waals surface area (Å²) in [5.41, 5.74) is 1.82. The number of anilines is 1. The average molecular weight is 843 g/mol. The highest BCUT2D eigenvalue weighted by Gasteiger charge is 2.35. The van der Waals surface area contributed by atoms with E-state index in [0.29, 0.717) is 72.9 Å². The molecular weight excluding hydrogens is 796 g/mol. The van der Waals surface area contributed by atoms with Crippen LogP contribution in [0.25, 0.3) is 11.1 Å². The first kappa shape index (κ1) is 45.4. The highest BCUT2D eigenvalue weighted by Crippen LogP contribution is 2.41. The SMILES string of the molecule is O=C(CCOCCOCCOCCOCCOCCOCCC(=O)N1CCc2cc(-c3ccc(C(=O)ON4C(=O)CCC4=O)cc3)cc([N+](=O)[O-])c21)ON1C(=O)CCC1=O. The van der Waals surface area contributed by atoms with Crippen molar-refractivity contribution in [2.45, 2.75) is 44.9 Å². The van der Waals surface area contributed by atoms with Gasteiger partial charge in [-0.15, -0.1) is 10.1 Å². The number of hydrogen-bond acceptors (Lipinski definition) is 17. The molecule has 2 saturated heterocycles. The van der Waals surface area contributed by atoms with Crippen molar-refractivity contribution in [3.05, 3.63) is 57.6 Å². The van der Waals surface area contributed by atoms with Gasteiger partial charge in [0.1, 0.15) is 5.69 Å². The van der Waals surface area contributed by atoms with E-state index in [1.807, 2.05) is 0 Å². The number of rotatable bonds is 26. The molecule has 21 nitrogen and oxygen atoms in total. The number of carbonyl (C=O) groups is 7. The van der Waals surface area contributed by atoms with Gasteiger partial charge in [0.05, 0.1) is 103 Å². The van der Waals surface area contributed by atoms with Gasteiger partial charge in [0.15, 0.2) is 0 Å². The second-order valence-corrected chi connectivity index (χ2v) is 13.3. The molecule has 2 aromatic carbocycles. The number of nitro benzene ring substituents is 1. The summed E-state index contributed by atoms with van der Waals surface area (Å²) in [7, 11) is 0. The van der Waals surface area contributed by atoms with Gasteiger partial charge >= 0.3 is 11.9 Å². The lowest BCUT2D eigenvalue weighted by Crippen LogP contribution is -2.32. The van der Waals surface area contributed by atoms with Gasteiger partial charge in [-0.2, -0.15) is 0 Å².